The summed E-state index contributed by atoms with van der Waals surface area (Å²) < 4.78 is 5.01. The number of nitrogens with one attached hydrogen (secondary N) is 2. The lowest BCUT2D eigenvalue weighted by Crippen LogP contribution is -2.17. The smallest absolute Gasteiger partial charge is 0.274 e. The van der Waals surface area contributed by atoms with Crippen molar-refractivity contribution in [3.05, 3.63) is 46.8 Å². The molecule has 6 heteroatoms. The molecule has 1 aromatic heterocycles. The zero-order valence-electron chi connectivity index (χ0n) is 14.6. The Kier molecular flexibility index (Phi) is 6.26. The molecule has 0 radical (unpaired) electrons. The first-order valence-electron chi connectivity index (χ1n) is 7.97. The molecule has 0 spiro atoms. The van der Waals surface area contributed by atoms with Crippen LogP contribution in [-0.2, 0) is 4.74 Å². The number of aromatic nitrogens is 2. The maximum Gasteiger partial charge on any atom is 0.274 e. The minimum atomic E-state index is -0.238. The molecule has 2 N–H and O–H groups in total. The minimum absolute atomic E-state index is 0.238. The van der Waals surface area contributed by atoms with E-state index >= 15 is 0 Å². The molecule has 2 aromatic rings. The molecule has 0 bridgehead atoms. The van der Waals surface area contributed by atoms with E-state index in [0.29, 0.717) is 24.8 Å². The van der Waals surface area contributed by atoms with Gasteiger partial charge in [-0.05, 0) is 44.4 Å². The summed E-state index contributed by atoms with van der Waals surface area (Å²) in [6, 6.07) is 7.59. The summed E-state index contributed by atoms with van der Waals surface area (Å²) in [7, 11) is 1.67. The highest BCUT2D eigenvalue weighted by Gasteiger charge is 2.13. The van der Waals surface area contributed by atoms with Gasteiger partial charge in [0.2, 0.25) is 5.95 Å². The number of ether oxygens (including phenoxy) is 1. The fraction of sp³-hybridized carbons (Fsp3) is 0.389. The average Bonchev–Trinajstić information content (AvgIpc) is 2.54. The van der Waals surface area contributed by atoms with Gasteiger partial charge in [0.1, 0.15) is 5.69 Å². The molecule has 0 saturated heterocycles. The highest BCUT2D eigenvalue weighted by molar-refractivity contribution is 6.03. The van der Waals surface area contributed by atoms with Crippen molar-refractivity contribution in [1.82, 2.24) is 9.97 Å². The number of carbonyl (C=O) groups is 1. The van der Waals surface area contributed by atoms with Crippen molar-refractivity contribution < 1.29 is 9.53 Å². The van der Waals surface area contributed by atoms with Crippen molar-refractivity contribution in [2.75, 3.05) is 30.9 Å². The number of hydrogen-bond acceptors (Lipinski definition) is 5. The Morgan fingerprint density at radius 3 is 2.54 bits per heavy atom. The van der Waals surface area contributed by atoms with Gasteiger partial charge in [0.25, 0.3) is 5.91 Å². The van der Waals surface area contributed by atoms with E-state index in [1.807, 2.05) is 39.0 Å². The van der Waals surface area contributed by atoms with E-state index in [-0.39, 0.29) is 5.91 Å². The van der Waals surface area contributed by atoms with Crippen LogP contribution in [0.5, 0.6) is 0 Å². The third kappa shape index (κ3) is 4.76. The van der Waals surface area contributed by atoms with Gasteiger partial charge in [-0.3, -0.25) is 4.79 Å². The largest absolute Gasteiger partial charge is 0.385 e. The standard InChI is InChI=1S/C18H24N4O2/c1-12-7-5-8-13(2)16(12)22-17(23)15-11-14(3)20-18(21-15)19-9-6-10-24-4/h5,7-8,11H,6,9-10H2,1-4H3,(H,22,23)(H,19,20,21). The third-order valence-corrected chi connectivity index (χ3v) is 3.61. The Bertz CT molecular complexity index is 696. The maximum absolute atomic E-state index is 12.6. The van der Waals surface area contributed by atoms with Crippen molar-refractivity contribution in [1.29, 1.82) is 0 Å². The van der Waals surface area contributed by atoms with Gasteiger partial charge in [-0.2, -0.15) is 0 Å². The summed E-state index contributed by atoms with van der Waals surface area (Å²) >= 11 is 0. The van der Waals surface area contributed by atoms with Crippen molar-refractivity contribution >= 4 is 17.5 Å². The van der Waals surface area contributed by atoms with Crippen LogP contribution in [0.25, 0.3) is 0 Å². The summed E-state index contributed by atoms with van der Waals surface area (Å²) in [5.74, 6) is 0.218. The molecule has 0 fully saturated rings. The Labute approximate surface area is 142 Å². The van der Waals surface area contributed by atoms with Crippen molar-refractivity contribution in [2.45, 2.75) is 27.2 Å². The second kappa shape index (κ2) is 8.40. The molecule has 2 rings (SSSR count). The van der Waals surface area contributed by atoms with Crippen LogP contribution in [0.3, 0.4) is 0 Å². The van der Waals surface area contributed by atoms with E-state index in [9.17, 15) is 4.79 Å². The zero-order valence-corrected chi connectivity index (χ0v) is 14.6. The molecule has 1 aromatic carbocycles. The van der Waals surface area contributed by atoms with Crippen LogP contribution in [0, 0.1) is 20.8 Å². The number of rotatable bonds is 7. The monoisotopic (exact) mass is 328 g/mol. The van der Waals surface area contributed by atoms with Crippen LogP contribution >= 0.6 is 0 Å². The highest BCUT2D eigenvalue weighted by atomic mass is 16.5. The molecule has 0 aliphatic carbocycles. The van der Waals surface area contributed by atoms with Crippen LogP contribution in [0.15, 0.2) is 24.3 Å². The summed E-state index contributed by atoms with van der Waals surface area (Å²) in [6.07, 6.45) is 0.845. The first-order valence-corrected chi connectivity index (χ1v) is 7.97. The van der Waals surface area contributed by atoms with Gasteiger partial charge < -0.3 is 15.4 Å². The molecular formula is C18H24N4O2. The predicted molar refractivity (Wildman–Crippen MR) is 95.6 cm³/mol. The molecule has 1 heterocycles. The van der Waals surface area contributed by atoms with E-state index in [4.69, 9.17) is 4.74 Å². The van der Waals surface area contributed by atoms with E-state index in [1.165, 1.54) is 0 Å². The van der Waals surface area contributed by atoms with Crippen LogP contribution < -0.4 is 10.6 Å². The predicted octanol–water partition coefficient (Wildman–Crippen LogP) is 3.10. The Morgan fingerprint density at radius 1 is 1.17 bits per heavy atom. The lowest BCUT2D eigenvalue weighted by Gasteiger charge is -2.12. The first kappa shape index (κ1) is 17.9. The molecule has 0 saturated carbocycles. The number of anilines is 2. The molecule has 24 heavy (non-hydrogen) atoms. The van der Waals surface area contributed by atoms with Crippen LogP contribution in [-0.4, -0.2) is 36.1 Å². The molecule has 0 unspecified atom stereocenters. The number of methoxy groups -OCH3 is 1. The van der Waals surface area contributed by atoms with Crippen LogP contribution in [0.4, 0.5) is 11.6 Å². The molecule has 0 aliphatic rings. The maximum atomic E-state index is 12.6. The van der Waals surface area contributed by atoms with Gasteiger partial charge in [0, 0.05) is 31.6 Å². The Balaban J connectivity index is 2.13. The number of amides is 1. The number of nitrogens with zero attached hydrogens (tertiary/aromatic N) is 2. The Hall–Kier alpha value is -2.47. The van der Waals surface area contributed by atoms with E-state index < -0.39 is 0 Å². The number of aryl methyl sites for hydroxylation is 3. The number of carbonyl (C=O) groups excluding carboxylic acids is 1. The van der Waals surface area contributed by atoms with E-state index in [1.54, 1.807) is 13.2 Å². The summed E-state index contributed by atoms with van der Waals surface area (Å²) in [5, 5.41) is 6.07. The quantitative estimate of drug-likeness (QED) is 0.764. The number of benzene rings is 1. The third-order valence-electron chi connectivity index (χ3n) is 3.61. The topological polar surface area (TPSA) is 76.1 Å². The molecule has 128 valence electrons. The first-order chi connectivity index (χ1) is 11.5. The fourth-order valence-electron chi connectivity index (χ4n) is 2.37. The van der Waals surface area contributed by atoms with Gasteiger partial charge in [0.05, 0.1) is 0 Å². The van der Waals surface area contributed by atoms with Crippen molar-refractivity contribution in [2.24, 2.45) is 0 Å². The van der Waals surface area contributed by atoms with E-state index in [2.05, 4.69) is 20.6 Å². The van der Waals surface area contributed by atoms with Gasteiger partial charge in [-0.15, -0.1) is 0 Å². The van der Waals surface area contributed by atoms with Crippen LogP contribution in [0.1, 0.15) is 33.7 Å². The van der Waals surface area contributed by atoms with Crippen molar-refractivity contribution in [3.8, 4) is 0 Å². The molecule has 1 amide bonds. The average molecular weight is 328 g/mol. The van der Waals surface area contributed by atoms with Gasteiger partial charge in [0.15, 0.2) is 0 Å². The van der Waals surface area contributed by atoms with Crippen LogP contribution in [0.2, 0.25) is 0 Å². The normalized spacial score (nSPS) is 10.5. The zero-order chi connectivity index (χ0) is 17.5. The number of para-hydroxylation sites is 1. The van der Waals surface area contributed by atoms with Crippen molar-refractivity contribution in [3.63, 3.8) is 0 Å². The summed E-state index contributed by atoms with van der Waals surface area (Å²) in [5.41, 5.74) is 3.96. The molecular weight excluding hydrogens is 304 g/mol. The molecule has 6 nitrogen and oxygen atoms in total. The number of hydrogen-bond donors (Lipinski definition) is 2. The second-order valence-electron chi connectivity index (χ2n) is 5.71. The van der Waals surface area contributed by atoms with Gasteiger partial charge in [-0.1, -0.05) is 18.2 Å². The second-order valence-corrected chi connectivity index (χ2v) is 5.71. The van der Waals surface area contributed by atoms with Gasteiger partial charge >= 0.3 is 0 Å². The summed E-state index contributed by atoms with van der Waals surface area (Å²) in [4.78, 5) is 21.2. The van der Waals surface area contributed by atoms with Gasteiger partial charge in [-0.25, -0.2) is 9.97 Å². The molecule has 0 aliphatic heterocycles. The fourth-order valence-corrected chi connectivity index (χ4v) is 2.37. The minimum Gasteiger partial charge on any atom is -0.385 e. The lowest BCUT2D eigenvalue weighted by atomic mass is 10.1. The SMILES string of the molecule is COCCCNc1nc(C)cc(C(=O)Nc2c(C)cccc2C)n1. The molecule has 0 atom stereocenters. The Morgan fingerprint density at radius 2 is 1.88 bits per heavy atom. The lowest BCUT2D eigenvalue weighted by molar-refractivity contribution is 0.102. The van der Waals surface area contributed by atoms with E-state index in [0.717, 1.165) is 28.9 Å². The summed E-state index contributed by atoms with van der Waals surface area (Å²) in [6.45, 7) is 7.14. The highest BCUT2D eigenvalue weighted by Crippen LogP contribution is 2.20.